The average Bonchev–Trinajstić information content (AvgIpc) is 2.31. The number of benzene rings is 1. The molecule has 17 heavy (non-hydrogen) atoms. The SMILES string of the molecule is CCCCCc1ccc(CCCN(C)C)cc1. The van der Waals surface area contributed by atoms with Gasteiger partial charge in [-0.05, 0) is 57.5 Å². The van der Waals surface area contributed by atoms with Crippen LogP contribution in [-0.2, 0) is 12.8 Å². The first-order valence-electron chi connectivity index (χ1n) is 6.95. The Balaban J connectivity index is 2.29. The maximum absolute atomic E-state index is 2.31. The lowest BCUT2D eigenvalue weighted by Crippen LogP contribution is -2.13. The molecule has 1 rings (SSSR count). The molecule has 0 spiro atoms. The highest BCUT2D eigenvalue weighted by atomic mass is 15.0. The third-order valence-electron chi connectivity index (χ3n) is 3.16. The normalized spacial score (nSPS) is 11.1. The zero-order valence-corrected chi connectivity index (χ0v) is 11.7. The summed E-state index contributed by atoms with van der Waals surface area (Å²) in [6, 6.07) is 9.22. The average molecular weight is 233 g/mol. The zero-order valence-electron chi connectivity index (χ0n) is 11.7. The number of aryl methyl sites for hydroxylation is 2. The van der Waals surface area contributed by atoms with E-state index in [4.69, 9.17) is 0 Å². The van der Waals surface area contributed by atoms with Crippen LogP contribution in [0, 0.1) is 0 Å². The van der Waals surface area contributed by atoms with Gasteiger partial charge in [0.2, 0.25) is 0 Å². The van der Waals surface area contributed by atoms with E-state index in [1.54, 1.807) is 0 Å². The quantitative estimate of drug-likeness (QED) is 0.615. The minimum atomic E-state index is 1.18. The Morgan fingerprint density at radius 2 is 1.35 bits per heavy atom. The summed E-state index contributed by atoms with van der Waals surface area (Å²) in [7, 11) is 4.27. The smallest absolute Gasteiger partial charge is 0.00217 e. The minimum Gasteiger partial charge on any atom is -0.309 e. The first-order valence-corrected chi connectivity index (χ1v) is 6.95. The van der Waals surface area contributed by atoms with Gasteiger partial charge in [-0.15, -0.1) is 0 Å². The number of nitrogens with zero attached hydrogens (tertiary/aromatic N) is 1. The molecule has 0 saturated heterocycles. The lowest BCUT2D eigenvalue weighted by Gasteiger charge is -2.09. The minimum absolute atomic E-state index is 1.18. The van der Waals surface area contributed by atoms with Gasteiger partial charge >= 0.3 is 0 Å². The van der Waals surface area contributed by atoms with Gasteiger partial charge in [-0.1, -0.05) is 44.0 Å². The van der Waals surface area contributed by atoms with E-state index in [0.717, 1.165) is 0 Å². The molecule has 0 aliphatic carbocycles. The van der Waals surface area contributed by atoms with E-state index in [1.807, 2.05) is 0 Å². The second-order valence-electron chi connectivity index (χ2n) is 5.18. The molecule has 0 bridgehead atoms. The maximum atomic E-state index is 2.31. The van der Waals surface area contributed by atoms with Crippen LogP contribution in [0.25, 0.3) is 0 Å². The van der Waals surface area contributed by atoms with Crippen molar-refractivity contribution in [2.75, 3.05) is 20.6 Å². The lowest BCUT2D eigenvalue weighted by molar-refractivity contribution is 0.400. The first kappa shape index (κ1) is 14.2. The van der Waals surface area contributed by atoms with Crippen LogP contribution in [0.3, 0.4) is 0 Å². The molecule has 0 heterocycles. The molecule has 0 atom stereocenters. The van der Waals surface area contributed by atoms with E-state index in [1.165, 1.54) is 56.2 Å². The zero-order chi connectivity index (χ0) is 12.5. The highest BCUT2D eigenvalue weighted by Crippen LogP contribution is 2.10. The van der Waals surface area contributed by atoms with Crippen molar-refractivity contribution in [3.05, 3.63) is 35.4 Å². The van der Waals surface area contributed by atoms with E-state index >= 15 is 0 Å². The monoisotopic (exact) mass is 233 g/mol. The van der Waals surface area contributed by atoms with Crippen LogP contribution in [-0.4, -0.2) is 25.5 Å². The van der Waals surface area contributed by atoms with Gasteiger partial charge in [0, 0.05) is 0 Å². The maximum Gasteiger partial charge on any atom is -0.00217 e. The Morgan fingerprint density at radius 3 is 1.82 bits per heavy atom. The molecule has 1 aromatic rings. The predicted octanol–water partition coefficient (Wildman–Crippen LogP) is 3.91. The van der Waals surface area contributed by atoms with Crippen molar-refractivity contribution < 1.29 is 0 Å². The van der Waals surface area contributed by atoms with Gasteiger partial charge in [-0.2, -0.15) is 0 Å². The Hall–Kier alpha value is -0.820. The molecule has 0 radical (unpaired) electrons. The van der Waals surface area contributed by atoms with Gasteiger partial charge in [0.05, 0.1) is 0 Å². The van der Waals surface area contributed by atoms with Gasteiger partial charge in [-0.25, -0.2) is 0 Å². The highest BCUT2D eigenvalue weighted by Gasteiger charge is 1.96. The second-order valence-corrected chi connectivity index (χ2v) is 5.18. The van der Waals surface area contributed by atoms with Crippen LogP contribution in [0.4, 0.5) is 0 Å². The van der Waals surface area contributed by atoms with Crippen molar-refractivity contribution in [1.29, 1.82) is 0 Å². The summed E-state index contributed by atoms with van der Waals surface area (Å²) in [4.78, 5) is 2.25. The fourth-order valence-corrected chi connectivity index (χ4v) is 2.05. The second kappa shape index (κ2) is 8.30. The summed E-state index contributed by atoms with van der Waals surface area (Å²) in [5.41, 5.74) is 2.97. The molecule has 0 aliphatic heterocycles. The van der Waals surface area contributed by atoms with Crippen LogP contribution in [0.2, 0.25) is 0 Å². The molecule has 1 nitrogen and oxygen atoms in total. The summed E-state index contributed by atoms with van der Waals surface area (Å²) in [6.45, 7) is 3.44. The molecule has 0 saturated carbocycles. The van der Waals surface area contributed by atoms with Crippen molar-refractivity contribution >= 4 is 0 Å². The molecule has 0 aliphatic rings. The third kappa shape index (κ3) is 6.48. The van der Waals surface area contributed by atoms with Crippen LogP contribution in [0.5, 0.6) is 0 Å². The number of hydrogen-bond donors (Lipinski definition) is 0. The standard InChI is InChI=1S/C16H27N/c1-4-5-6-8-15-10-12-16(13-11-15)9-7-14-17(2)3/h10-13H,4-9,14H2,1-3H3. The summed E-state index contributed by atoms with van der Waals surface area (Å²) in [5.74, 6) is 0. The highest BCUT2D eigenvalue weighted by molar-refractivity contribution is 5.22. The summed E-state index contributed by atoms with van der Waals surface area (Å²) >= 11 is 0. The predicted molar refractivity (Wildman–Crippen MR) is 76.5 cm³/mol. The van der Waals surface area contributed by atoms with Gasteiger partial charge in [0.25, 0.3) is 0 Å². The number of hydrogen-bond acceptors (Lipinski definition) is 1. The van der Waals surface area contributed by atoms with Crippen molar-refractivity contribution in [2.45, 2.75) is 45.4 Å². The Bertz CT molecular complexity index is 287. The largest absolute Gasteiger partial charge is 0.309 e. The van der Waals surface area contributed by atoms with E-state index < -0.39 is 0 Å². The summed E-state index contributed by atoms with van der Waals surface area (Å²) in [5, 5.41) is 0. The molecule has 0 amide bonds. The fourth-order valence-electron chi connectivity index (χ4n) is 2.05. The molecule has 0 fully saturated rings. The fraction of sp³-hybridized carbons (Fsp3) is 0.625. The molecule has 0 N–H and O–H groups in total. The van der Waals surface area contributed by atoms with Gasteiger partial charge in [0.15, 0.2) is 0 Å². The molecule has 0 unspecified atom stereocenters. The van der Waals surface area contributed by atoms with Gasteiger partial charge < -0.3 is 4.90 Å². The van der Waals surface area contributed by atoms with Crippen molar-refractivity contribution in [2.24, 2.45) is 0 Å². The van der Waals surface area contributed by atoms with Crippen molar-refractivity contribution in [1.82, 2.24) is 4.90 Å². The molecule has 1 heteroatoms. The lowest BCUT2D eigenvalue weighted by atomic mass is 10.0. The molecular formula is C16H27N. The topological polar surface area (TPSA) is 3.24 Å². The van der Waals surface area contributed by atoms with Gasteiger partial charge in [-0.3, -0.25) is 0 Å². The Morgan fingerprint density at radius 1 is 0.824 bits per heavy atom. The van der Waals surface area contributed by atoms with E-state index in [0.29, 0.717) is 0 Å². The van der Waals surface area contributed by atoms with E-state index in [-0.39, 0.29) is 0 Å². The van der Waals surface area contributed by atoms with E-state index in [9.17, 15) is 0 Å². The summed E-state index contributed by atoms with van der Waals surface area (Å²) < 4.78 is 0. The van der Waals surface area contributed by atoms with Crippen LogP contribution in [0.15, 0.2) is 24.3 Å². The molecule has 96 valence electrons. The summed E-state index contributed by atoms with van der Waals surface area (Å²) in [6.07, 6.45) is 7.69. The first-order chi connectivity index (χ1) is 8.22. The van der Waals surface area contributed by atoms with Gasteiger partial charge in [0.1, 0.15) is 0 Å². The van der Waals surface area contributed by atoms with Crippen molar-refractivity contribution in [3.8, 4) is 0 Å². The van der Waals surface area contributed by atoms with Crippen LogP contribution < -0.4 is 0 Å². The van der Waals surface area contributed by atoms with Crippen molar-refractivity contribution in [3.63, 3.8) is 0 Å². The van der Waals surface area contributed by atoms with Crippen LogP contribution in [0.1, 0.15) is 43.7 Å². The Kier molecular flexibility index (Phi) is 6.95. The third-order valence-corrected chi connectivity index (χ3v) is 3.16. The molecular weight excluding hydrogens is 206 g/mol. The number of unbranched alkanes of at least 4 members (excludes halogenated alkanes) is 2. The Labute approximate surface area is 107 Å². The molecule has 1 aromatic carbocycles. The molecule has 0 aromatic heterocycles. The van der Waals surface area contributed by atoms with E-state index in [2.05, 4.69) is 50.2 Å². The van der Waals surface area contributed by atoms with Crippen LogP contribution >= 0.6 is 0 Å². The number of rotatable bonds is 8.